The van der Waals surface area contributed by atoms with Gasteiger partial charge in [0.15, 0.2) is 5.78 Å². The van der Waals surface area contributed by atoms with Crippen LogP contribution in [-0.4, -0.2) is 27.0 Å². The van der Waals surface area contributed by atoms with E-state index in [1.165, 1.54) is 0 Å². The summed E-state index contributed by atoms with van der Waals surface area (Å²) in [6.45, 7) is 6.18. The third kappa shape index (κ3) is 2.97. The van der Waals surface area contributed by atoms with Crippen LogP contribution < -0.4 is 4.74 Å². The number of phenolic OH excluding ortho intramolecular Hbond substituents is 1. The van der Waals surface area contributed by atoms with Crippen LogP contribution in [0.3, 0.4) is 0 Å². The maximum Gasteiger partial charge on any atom is 0.192 e. The van der Waals surface area contributed by atoms with Gasteiger partial charge in [0, 0.05) is 18.0 Å². The smallest absolute Gasteiger partial charge is 0.192 e. The number of ketones is 1. The molecule has 1 aromatic heterocycles. The summed E-state index contributed by atoms with van der Waals surface area (Å²) < 4.78 is 7.91. The van der Waals surface area contributed by atoms with E-state index in [9.17, 15) is 9.90 Å². The Morgan fingerprint density at radius 1 is 1.43 bits per heavy atom. The van der Waals surface area contributed by atoms with Crippen molar-refractivity contribution in [1.29, 1.82) is 0 Å². The maximum absolute atomic E-state index is 12.8. The SMILES string of the molecule is CC(C)(C)c1cc2c(c(Br)c1O)OCC(n1ccnc1)C2=O.Cl. The van der Waals surface area contributed by atoms with Crippen LogP contribution >= 0.6 is 28.3 Å². The molecule has 5 nitrogen and oxygen atoms in total. The molecule has 124 valence electrons. The molecule has 1 unspecified atom stereocenters. The van der Waals surface area contributed by atoms with Crippen molar-refractivity contribution in [2.75, 3.05) is 6.61 Å². The second-order valence-corrected chi connectivity index (χ2v) is 7.21. The average molecular weight is 402 g/mol. The van der Waals surface area contributed by atoms with E-state index in [1.54, 1.807) is 29.4 Å². The predicted molar refractivity (Wildman–Crippen MR) is 92.8 cm³/mol. The van der Waals surface area contributed by atoms with Gasteiger partial charge >= 0.3 is 0 Å². The summed E-state index contributed by atoms with van der Waals surface area (Å²) in [7, 11) is 0. The first kappa shape index (κ1) is 17.8. The molecule has 0 saturated carbocycles. The molecule has 2 heterocycles. The van der Waals surface area contributed by atoms with E-state index in [1.807, 2.05) is 20.8 Å². The minimum absolute atomic E-state index is 0. The van der Waals surface area contributed by atoms with Crippen molar-refractivity contribution in [3.05, 3.63) is 40.4 Å². The number of halogens is 2. The number of fused-ring (bicyclic) bond motifs is 1. The zero-order valence-corrected chi connectivity index (χ0v) is 15.4. The number of benzene rings is 1. The van der Waals surface area contributed by atoms with Gasteiger partial charge in [0.1, 0.15) is 28.6 Å². The fourth-order valence-corrected chi connectivity index (χ4v) is 3.15. The number of hydrogen-bond donors (Lipinski definition) is 1. The number of carbonyl (C=O) groups excluding carboxylic acids is 1. The molecule has 0 amide bonds. The summed E-state index contributed by atoms with van der Waals surface area (Å²) in [4.78, 5) is 16.8. The Labute approximate surface area is 149 Å². The highest BCUT2D eigenvalue weighted by Crippen LogP contribution is 2.46. The lowest BCUT2D eigenvalue weighted by atomic mass is 9.84. The fraction of sp³-hybridized carbons (Fsp3) is 0.375. The van der Waals surface area contributed by atoms with Crippen molar-refractivity contribution < 1.29 is 14.6 Å². The summed E-state index contributed by atoms with van der Waals surface area (Å²) in [5, 5.41) is 10.4. The van der Waals surface area contributed by atoms with Gasteiger partial charge in [-0.2, -0.15) is 0 Å². The minimum atomic E-state index is -0.431. The molecule has 1 atom stereocenters. The normalized spacial score (nSPS) is 17.2. The van der Waals surface area contributed by atoms with Crippen molar-refractivity contribution in [3.8, 4) is 11.5 Å². The highest BCUT2D eigenvalue weighted by Gasteiger charge is 2.35. The molecular weight excluding hydrogens is 384 g/mol. The van der Waals surface area contributed by atoms with Crippen LogP contribution in [-0.2, 0) is 5.41 Å². The molecular formula is C16H18BrClN2O3. The maximum atomic E-state index is 12.8. The standard InChI is InChI=1S/C16H17BrN2O3.ClH/c1-16(2,3)10-6-9-13(20)11(19-5-4-18-8-19)7-22-15(9)12(17)14(10)21;/h4-6,8,11,21H,7H2,1-3H3;1H. The second-order valence-electron chi connectivity index (χ2n) is 6.41. The number of imidazole rings is 1. The van der Waals surface area contributed by atoms with Gasteiger partial charge in [0.25, 0.3) is 0 Å². The van der Waals surface area contributed by atoms with Gasteiger partial charge < -0.3 is 14.4 Å². The van der Waals surface area contributed by atoms with Gasteiger partial charge in [0.05, 0.1) is 11.9 Å². The number of rotatable bonds is 1. The molecule has 0 spiro atoms. The van der Waals surface area contributed by atoms with Crippen LogP contribution in [0.4, 0.5) is 0 Å². The van der Waals surface area contributed by atoms with Crippen LogP contribution in [0.1, 0.15) is 42.7 Å². The predicted octanol–water partition coefficient (Wildman–Crippen LogP) is 3.89. The Balaban J connectivity index is 0.00000192. The molecule has 3 rings (SSSR count). The molecule has 1 N–H and O–H groups in total. The number of carbonyl (C=O) groups is 1. The van der Waals surface area contributed by atoms with Crippen molar-refractivity contribution in [2.24, 2.45) is 0 Å². The molecule has 0 fully saturated rings. The van der Waals surface area contributed by atoms with Gasteiger partial charge in [0.2, 0.25) is 0 Å². The number of ether oxygens (including phenoxy) is 1. The molecule has 2 aromatic rings. The van der Waals surface area contributed by atoms with Crippen molar-refractivity contribution >= 4 is 34.1 Å². The van der Waals surface area contributed by atoms with E-state index >= 15 is 0 Å². The van der Waals surface area contributed by atoms with Gasteiger partial charge in [-0.25, -0.2) is 4.98 Å². The lowest BCUT2D eigenvalue weighted by Crippen LogP contribution is -2.30. The van der Waals surface area contributed by atoms with Crippen molar-refractivity contribution in [2.45, 2.75) is 32.2 Å². The summed E-state index contributed by atoms with van der Waals surface area (Å²) in [6.07, 6.45) is 4.99. The second kappa shape index (κ2) is 6.17. The Hall–Kier alpha value is -1.53. The van der Waals surface area contributed by atoms with Gasteiger partial charge in [-0.05, 0) is 27.4 Å². The van der Waals surface area contributed by atoms with Crippen LogP contribution in [0.5, 0.6) is 11.5 Å². The van der Waals surface area contributed by atoms with Crippen molar-refractivity contribution in [3.63, 3.8) is 0 Å². The number of phenols is 1. The third-order valence-corrected chi connectivity index (χ3v) is 4.58. The van der Waals surface area contributed by atoms with E-state index < -0.39 is 6.04 Å². The first-order valence-electron chi connectivity index (χ1n) is 7.01. The molecule has 0 radical (unpaired) electrons. The fourth-order valence-electron chi connectivity index (χ4n) is 2.61. The average Bonchev–Trinajstić information content (AvgIpc) is 2.96. The highest BCUT2D eigenvalue weighted by atomic mass is 79.9. The Bertz CT molecular complexity index is 739. The van der Waals surface area contributed by atoms with Gasteiger partial charge in [-0.1, -0.05) is 20.8 Å². The van der Waals surface area contributed by atoms with Crippen LogP contribution in [0.15, 0.2) is 29.3 Å². The lowest BCUT2D eigenvalue weighted by Gasteiger charge is -2.29. The molecule has 23 heavy (non-hydrogen) atoms. The molecule has 1 aliphatic rings. The zero-order valence-electron chi connectivity index (χ0n) is 13.0. The summed E-state index contributed by atoms with van der Waals surface area (Å²) >= 11 is 3.36. The van der Waals surface area contributed by atoms with E-state index in [4.69, 9.17) is 4.74 Å². The van der Waals surface area contributed by atoms with E-state index in [0.717, 1.165) is 0 Å². The van der Waals surface area contributed by atoms with Gasteiger partial charge in [-0.15, -0.1) is 12.4 Å². The van der Waals surface area contributed by atoms with E-state index in [0.29, 0.717) is 21.3 Å². The first-order valence-corrected chi connectivity index (χ1v) is 7.80. The topological polar surface area (TPSA) is 64.3 Å². The summed E-state index contributed by atoms with van der Waals surface area (Å²) in [5.41, 5.74) is 0.907. The highest BCUT2D eigenvalue weighted by molar-refractivity contribution is 9.10. The molecule has 0 aliphatic carbocycles. The minimum Gasteiger partial charge on any atom is -0.506 e. The van der Waals surface area contributed by atoms with E-state index in [2.05, 4.69) is 20.9 Å². The number of nitrogens with zero attached hydrogens (tertiary/aromatic N) is 2. The Morgan fingerprint density at radius 3 is 2.70 bits per heavy atom. The molecule has 0 saturated heterocycles. The first-order chi connectivity index (χ1) is 10.3. The number of aromatic nitrogens is 2. The van der Waals surface area contributed by atoms with Crippen LogP contribution in [0.25, 0.3) is 0 Å². The number of aromatic hydroxyl groups is 1. The number of hydrogen-bond acceptors (Lipinski definition) is 4. The van der Waals surface area contributed by atoms with Crippen LogP contribution in [0.2, 0.25) is 0 Å². The number of Topliss-reactive ketones (excluding diaryl/α,β-unsaturated/α-hetero) is 1. The molecule has 7 heteroatoms. The largest absolute Gasteiger partial charge is 0.506 e. The van der Waals surface area contributed by atoms with E-state index in [-0.39, 0.29) is 36.0 Å². The third-order valence-electron chi connectivity index (χ3n) is 3.84. The molecule has 0 bridgehead atoms. The summed E-state index contributed by atoms with van der Waals surface area (Å²) in [5.74, 6) is 0.498. The molecule has 1 aliphatic heterocycles. The lowest BCUT2D eigenvalue weighted by molar-refractivity contribution is 0.0839. The Kier molecular flexibility index (Phi) is 4.78. The summed E-state index contributed by atoms with van der Waals surface area (Å²) in [6, 6.07) is 1.31. The molecule has 1 aromatic carbocycles. The van der Waals surface area contributed by atoms with Gasteiger partial charge in [-0.3, -0.25) is 4.79 Å². The quantitative estimate of drug-likeness (QED) is 0.787. The monoisotopic (exact) mass is 400 g/mol. The van der Waals surface area contributed by atoms with Crippen LogP contribution in [0, 0.1) is 0 Å². The zero-order chi connectivity index (χ0) is 16.1. The van der Waals surface area contributed by atoms with Crippen molar-refractivity contribution in [1.82, 2.24) is 9.55 Å². The Morgan fingerprint density at radius 2 is 2.13 bits per heavy atom.